The summed E-state index contributed by atoms with van der Waals surface area (Å²) in [5.74, 6) is 0. The molecule has 0 saturated heterocycles. The van der Waals surface area contributed by atoms with E-state index in [0.717, 1.165) is 12.2 Å². The summed E-state index contributed by atoms with van der Waals surface area (Å²) >= 11 is 1.88. The van der Waals surface area contributed by atoms with Crippen molar-refractivity contribution in [3.63, 3.8) is 0 Å². The monoisotopic (exact) mass is 275 g/mol. The van der Waals surface area contributed by atoms with Crippen LogP contribution in [0.4, 0.5) is 0 Å². The minimum Gasteiger partial charge on any atom is -0.299 e. The van der Waals surface area contributed by atoms with Gasteiger partial charge in [-0.05, 0) is 37.9 Å². The zero-order chi connectivity index (χ0) is 13.4. The van der Waals surface area contributed by atoms with E-state index in [9.17, 15) is 0 Å². The molecular formula is C15H21N3S. The maximum Gasteiger partial charge on any atom is 0.121 e. The van der Waals surface area contributed by atoms with Crippen LogP contribution in [0.1, 0.15) is 30.3 Å². The normalized spacial score (nSPS) is 17.1. The van der Waals surface area contributed by atoms with Gasteiger partial charge in [-0.3, -0.25) is 9.58 Å². The fraction of sp³-hybridized carbons (Fsp3) is 0.533. The van der Waals surface area contributed by atoms with E-state index in [0.29, 0.717) is 0 Å². The van der Waals surface area contributed by atoms with Crippen LogP contribution in [0.15, 0.2) is 12.1 Å². The summed E-state index contributed by atoms with van der Waals surface area (Å²) in [6.07, 6.45) is 4.84. The van der Waals surface area contributed by atoms with E-state index in [2.05, 4.69) is 36.0 Å². The minimum atomic E-state index is 1.10. The van der Waals surface area contributed by atoms with Gasteiger partial charge >= 0.3 is 0 Å². The first-order chi connectivity index (χ1) is 9.19. The van der Waals surface area contributed by atoms with Crippen LogP contribution in [-0.2, 0) is 7.05 Å². The highest BCUT2D eigenvalue weighted by atomic mass is 32.1. The van der Waals surface area contributed by atoms with Crippen LogP contribution in [0.3, 0.4) is 0 Å². The molecule has 1 aliphatic rings. The van der Waals surface area contributed by atoms with Gasteiger partial charge in [0.15, 0.2) is 0 Å². The molecule has 0 aromatic carbocycles. The maximum atomic E-state index is 4.48. The molecule has 0 saturated carbocycles. The highest BCUT2D eigenvalue weighted by Gasteiger charge is 2.17. The van der Waals surface area contributed by atoms with Crippen molar-refractivity contribution in [1.82, 2.24) is 14.7 Å². The van der Waals surface area contributed by atoms with Gasteiger partial charge in [-0.1, -0.05) is 13.0 Å². The van der Waals surface area contributed by atoms with Gasteiger partial charge in [-0.2, -0.15) is 5.10 Å². The third-order valence-corrected chi connectivity index (χ3v) is 5.06. The molecule has 0 spiro atoms. The first-order valence-electron chi connectivity index (χ1n) is 7.04. The summed E-state index contributed by atoms with van der Waals surface area (Å²) in [5.41, 5.74) is 2.64. The minimum absolute atomic E-state index is 1.10. The third-order valence-electron chi connectivity index (χ3n) is 3.78. The molecule has 3 rings (SSSR count). The molecule has 3 nitrogen and oxygen atoms in total. The number of aromatic nitrogens is 2. The van der Waals surface area contributed by atoms with Gasteiger partial charge < -0.3 is 0 Å². The molecule has 0 N–H and O–H groups in total. The first-order valence-corrected chi connectivity index (χ1v) is 7.85. The second-order valence-corrected chi connectivity index (χ2v) is 6.36. The summed E-state index contributed by atoms with van der Waals surface area (Å²) in [6, 6.07) is 2.32. The van der Waals surface area contributed by atoms with Crippen molar-refractivity contribution < 1.29 is 0 Å². The van der Waals surface area contributed by atoms with Crippen molar-refractivity contribution in [1.29, 1.82) is 0 Å². The molecule has 0 fully saturated rings. The van der Waals surface area contributed by atoms with Crippen LogP contribution in [0.25, 0.3) is 15.8 Å². The largest absolute Gasteiger partial charge is 0.299 e. The van der Waals surface area contributed by atoms with Gasteiger partial charge in [0.25, 0.3) is 0 Å². The Balaban J connectivity index is 1.91. The Hall–Kier alpha value is -1.13. The lowest BCUT2D eigenvalue weighted by Gasteiger charge is -2.26. The Morgan fingerprint density at radius 3 is 3.00 bits per heavy atom. The van der Waals surface area contributed by atoms with E-state index in [1.165, 1.54) is 46.6 Å². The highest BCUT2D eigenvalue weighted by Crippen LogP contribution is 2.33. The van der Waals surface area contributed by atoms with Crippen molar-refractivity contribution in [3.8, 4) is 0 Å². The van der Waals surface area contributed by atoms with Crippen molar-refractivity contribution >= 4 is 27.1 Å². The summed E-state index contributed by atoms with van der Waals surface area (Å²) in [6.45, 7) is 7.88. The molecule has 0 amide bonds. The number of fused-ring (bicyclic) bond motifs is 1. The Kier molecular flexibility index (Phi) is 3.46. The molecule has 2 aromatic heterocycles. The van der Waals surface area contributed by atoms with Crippen LogP contribution in [0.5, 0.6) is 0 Å². The average molecular weight is 275 g/mol. The quantitative estimate of drug-likeness (QED) is 0.855. The molecule has 2 aromatic rings. The molecule has 102 valence electrons. The predicted octanol–water partition coefficient (Wildman–Crippen LogP) is 3.44. The molecule has 0 atom stereocenters. The van der Waals surface area contributed by atoms with E-state index in [4.69, 9.17) is 0 Å². The summed E-state index contributed by atoms with van der Waals surface area (Å²) in [5, 5.41) is 5.79. The lowest BCUT2D eigenvalue weighted by atomic mass is 10.1. The molecule has 0 aliphatic carbocycles. The number of rotatable bonds is 3. The predicted molar refractivity (Wildman–Crippen MR) is 82.7 cm³/mol. The highest BCUT2D eigenvalue weighted by molar-refractivity contribution is 7.19. The number of thiophene rings is 1. The van der Waals surface area contributed by atoms with Crippen molar-refractivity contribution in [2.45, 2.75) is 26.7 Å². The van der Waals surface area contributed by atoms with Gasteiger partial charge in [0.2, 0.25) is 0 Å². The second-order valence-electron chi connectivity index (χ2n) is 5.33. The average Bonchev–Trinajstić information content (AvgIpc) is 2.93. The lowest BCUT2D eigenvalue weighted by Crippen LogP contribution is -2.29. The molecule has 0 radical (unpaired) electrons. The zero-order valence-corrected chi connectivity index (χ0v) is 12.8. The number of hydrogen-bond acceptors (Lipinski definition) is 3. The maximum absolute atomic E-state index is 4.48. The van der Waals surface area contributed by atoms with E-state index in [-0.39, 0.29) is 0 Å². The summed E-state index contributed by atoms with van der Waals surface area (Å²) in [4.78, 5) is 5.28. The van der Waals surface area contributed by atoms with Gasteiger partial charge in [-0.25, -0.2) is 0 Å². The summed E-state index contributed by atoms with van der Waals surface area (Å²) < 4.78 is 2.01. The Morgan fingerprint density at radius 1 is 1.42 bits per heavy atom. The van der Waals surface area contributed by atoms with Crippen LogP contribution in [0, 0.1) is 6.92 Å². The number of aryl methyl sites for hydroxylation is 2. The third kappa shape index (κ3) is 2.35. The van der Waals surface area contributed by atoms with Crippen molar-refractivity contribution in [3.05, 3.63) is 22.7 Å². The molecule has 3 heterocycles. The standard InChI is InChI=1S/C15H21N3S/c1-4-7-18-8-5-6-12(10-18)14-9-13-11(2)16-17(3)15(13)19-14/h6,9H,4-5,7-8,10H2,1-3H3. The smallest absolute Gasteiger partial charge is 0.121 e. The van der Waals surface area contributed by atoms with Gasteiger partial charge in [0.05, 0.1) is 5.69 Å². The van der Waals surface area contributed by atoms with E-state index >= 15 is 0 Å². The Morgan fingerprint density at radius 2 is 2.26 bits per heavy atom. The molecule has 1 aliphatic heterocycles. The van der Waals surface area contributed by atoms with Crippen LogP contribution >= 0.6 is 11.3 Å². The zero-order valence-electron chi connectivity index (χ0n) is 11.9. The lowest BCUT2D eigenvalue weighted by molar-refractivity contribution is 0.305. The molecule has 19 heavy (non-hydrogen) atoms. The molecule has 4 heteroatoms. The molecule has 0 bridgehead atoms. The fourth-order valence-corrected chi connectivity index (χ4v) is 4.01. The van der Waals surface area contributed by atoms with Crippen LogP contribution < -0.4 is 0 Å². The second kappa shape index (κ2) is 5.10. The van der Waals surface area contributed by atoms with E-state index < -0.39 is 0 Å². The first kappa shape index (κ1) is 12.9. The SMILES string of the molecule is CCCN1CCC=C(c2cc3c(C)nn(C)c3s2)C1. The fourth-order valence-electron chi connectivity index (χ4n) is 2.85. The van der Waals surface area contributed by atoms with Crippen molar-refractivity contribution in [2.24, 2.45) is 7.05 Å². The van der Waals surface area contributed by atoms with Gasteiger partial charge in [0.1, 0.15) is 4.83 Å². The Labute approximate surface area is 118 Å². The topological polar surface area (TPSA) is 21.1 Å². The summed E-state index contributed by atoms with van der Waals surface area (Å²) in [7, 11) is 2.04. The van der Waals surface area contributed by atoms with Gasteiger partial charge in [-0.15, -0.1) is 11.3 Å². The van der Waals surface area contributed by atoms with E-state index in [1.807, 2.05) is 23.1 Å². The molecule has 0 unspecified atom stereocenters. The van der Waals surface area contributed by atoms with Crippen LogP contribution in [-0.4, -0.2) is 34.3 Å². The number of hydrogen-bond donors (Lipinski definition) is 0. The molecular weight excluding hydrogens is 254 g/mol. The Bertz CT molecular complexity index is 586. The van der Waals surface area contributed by atoms with Gasteiger partial charge in [0, 0.05) is 30.4 Å². The van der Waals surface area contributed by atoms with Crippen molar-refractivity contribution in [2.75, 3.05) is 19.6 Å². The van der Waals surface area contributed by atoms with Crippen LogP contribution in [0.2, 0.25) is 0 Å². The number of nitrogens with zero attached hydrogens (tertiary/aromatic N) is 3. The van der Waals surface area contributed by atoms with E-state index in [1.54, 1.807) is 0 Å².